The predicted octanol–water partition coefficient (Wildman–Crippen LogP) is 3.70. The predicted molar refractivity (Wildman–Crippen MR) is 104 cm³/mol. The highest BCUT2D eigenvalue weighted by Crippen LogP contribution is 2.27. The van der Waals surface area contributed by atoms with E-state index in [1.165, 1.54) is 32.1 Å². The van der Waals surface area contributed by atoms with Crippen molar-refractivity contribution in [3.05, 3.63) is 35.9 Å². The van der Waals surface area contributed by atoms with E-state index in [1.54, 1.807) is 0 Å². The quantitative estimate of drug-likeness (QED) is 0.810. The first-order valence-electron chi connectivity index (χ1n) is 10.3. The average molecular weight is 357 g/mol. The van der Waals surface area contributed by atoms with Gasteiger partial charge >= 0.3 is 0 Å². The van der Waals surface area contributed by atoms with Gasteiger partial charge in [0.2, 0.25) is 11.8 Å². The number of carbonyl (C=O) groups excluding carboxylic acids is 2. The van der Waals surface area contributed by atoms with Crippen LogP contribution in [0.25, 0.3) is 0 Å². The van der Waals surface area contributed by atoms with E-state index in [4.69, 9.17) is 0 Å². The number of benzene rings is 1. The average Bonchev–Trinajstić information content (AvgIpc) is 3.22. The van der Waals surface area contributed by atoms with Crippen LogP contribution in [0.5, 0.6) is 0 Å². The fourth-order valence-corrected chi connectivity index (χ4v) is 4.29. The van der Waals surface area contributed by atoms with Crippen LogP contribution >= 0.6 is 0 Å². The molecule has 1 aromatic carbocycles. The lowest BCUT2D eigenvalue weighted by atomic mass is 9.86. The summed E-state index contributed by atoms with van der Waals surface area (Å²) in [6, 6.07) is 9.56. The second kappa shape index (κ2) is 9.75. The highest BCUT2D eigenvalue weighted by Gasteiger charge is 2.28. The van der Waals surface area contributed by atoms with Gasteiger partial charge in [-0.05, 0) is 30.7 Å². The second-order valence-corrected chi connectivity index (χ2v) is 7.88. The molecular weight excluding hydrogens is 324 g/mol. The fraction of sp³-hybridized carbons (Fsp3) is 0.636. The molecule has 0 spiro atoms. The van der Waals surface area contributed by atoms with Gasteiger partial charge in [0, 0.05) is 25.9 Å². The standard InChI is InChI=1S/C22H32N2O2/c25-21(14-13-18-9-3-1-4-10-18)23-20(17-19-11-5-2-6-12-19)22(26)24-15-7-8-16-24/h2,5-6,11-12,18,20H,1,3-4,7-10,13-17H2,(H,23,25). The molecule has 1 unspecified atom stereocenters. The molecule has 1 saturated heterocycles. The first-order valence-corrected chi connectivity index (χ1v) is 10.3. The Balaban J connectivity index is 1.56. The Morgan fingerprint density at radius 1 is 1.00 bits per heavy atom. The molecule has 2 fully saturated rings. The molecule has 1 N–H and O–H groups in total. The molecule has 142 valence electrons. The molecule has 26 heavy (non-hydrogen) atoms. The monoisotopic (exact) mass is 356 g/mol. The Hall–Kier alpha value is -1.84. The maximum absolute atomic E-state index is 12.9. The first kappa shape index (κ1) is 18.9. The summed E-state index contributed by atoms with van der Waals surface area (Å²) in [7, 11) is 0. The van der Waals surface area contributed by atoms with Crippen LogP contribution in [0.1, 0.15) is 63.4 Å². The number of rotatable bonds is 7. The highest BCUT2D eigenvalue weighted by molar-refractivity contribution is 5.88. The number of hydrogen-bond donors (Lipinski definition) is 1. The zero-order chi connectivity index (χ0) is 18.2. The summed E-state index contributed by atoms with van der Waals surface area (Å²) in [4.78, 5) is 27.3. The number of nitrogens with zero attached hydrogens (tertiary/aromatic N) is 1. The van der Waals surface area contributed by atoms with Gasteiger partial charge in [0.1, 0.15) is 6.04 Å². The Morgan fingerprint density at radius 2 is 1.69 bits per heavy atom. The van der Waals surface area contributed by atoms with E-state index in [-0.39, 0.29) is 11.8 Å². The van der Waals surface area contributed by atoms with Crippen molar-refractivity contribution in [2.75, 3.05) is 13.1 Å². The summed E-state index contributed by atoms with van der Waals surface area (Å²) in [6.07, 6.45) is 10.7. The van der Waals surface area contributed by atoms with E-state index in [0.717, 1.165) is 37.9 Å². The summed E-state index contributed by atoms with van der Waals surface area (Å²) in [5.41, 5.74) is 1.10. The summed E-state index contributed by atoms with van der Waals surface area (Å²) < 4.78 is 0. The molecule has 1 heterocycles. The van der Waals surface area contributed by atoms with Crippen molar-refractivity contribution >= 4 is 11.8 Å². The molecule has 1 aromatic rings. The topological polar surface area (TPSA) is 49.4 Å². The Kier molecular flexibility index (Phi) is 7.10. The van der Waals surface area contributed by atoms with Crippen LogP contribution in [0, 0.1) is 5.92 Å². The van der Waals surface area contributed by atoms with Crippen molar-refractivity contribution in [2.24, 2.45) is 5.92 Å². The van der Waals surface area contributed by atoms with Gasteiger partial charge in [-0.2, -0.15) is 0 Å². The molecule has 4 nitrogen and oxygen atoms in total. The van der Waals surface area contributed by atoms with Crippen molar-refractivity contribution in [2.45, 2.75) is 70.3 Å². The zero-order valence-electron chi connectivity index (χ0n) is 15.8. The molecule has 1 atom stereocenters. The zero-order valence-corrected chi connectivity index (χ0v) is 15.8. The third kappa shape index (κ3) is 5.58. The molecular formula is C22H32N2O2. The molecule has 2 aliphatic rings. The van der Waals surface area contributed by atoms with E-state index in [9.17, 15) is 9.59 Å². The highest BCUT2D eigenvalue weighted by atomic mass is 16.2. The van der Waals surface area contributed by atoms with Gasteiger partial charge in [-0.1, -0.05) is 62.4 Å². The third-order valence-corrected chi connectivity index (χ3v) is 5.84. The van der Waals surface area contributed by atoms with Crippen LogP contribution in [0.2, 0.25) is 0 Å². The second-order valence-electron chi connectivity index (χ2n) is 7.88. The summed E-state index contributed by atoms with van der Waals surface area (Å²) in [5, 5.41) is 3.05. The van der Waals surface area contributed by atoms with Crippen molar-refractivity contribution in [3.8, 4) is 0 Å². The normalized spacial score (nSPS) is 19.3. The van der Waals surface area contributed by atoms with Gasteiger partial charge in [0.25, 0.3) is 0 Å². The van der Waals surface area contributed by atoms with E-state index < -0.39 is 6.04 Å². The molecule has 0 radical (unpaired) electrons. The lowest BCUT2D eigenvalue weighted by molar-refractivity contribution is -0.135. The largest absolute Gasteiger partial charge is 0.344 e. The molecule has 1 aliphatic carbocycles. The molecule has 0 aromatic heterocycles. The van der Waals surface area contributed by atoms with Crippen LogP contribution in [0.3, 0.4) is 0 Å². The van der Waals surface area contributed by atoms with Crippen LogP contribution in [-0.4, -0.2) is 35.8 Å². The van der Waals surface area contributed by atoms with Gasteiger partial charge in [-0.3, -0.25) is 9.59 Å². The molecule has 4 heteroatoms. The first-order chi connectivity index (χ1) is 12.7. The molecule has 1 saturated carbocycles. The number of nitrogens with one attached hydrogen (secondary N) is 1. The lowest BCUT2D eigenvalue weighted by Gasteiger charge is -2.25. The minimum Gasteiger partial charge on any atom is -0.344 e. The van der Waals surface area contributed by atoms with E-state index in [2.05, 4.69) is 5.32 Å². The number of hydrogen-bond acceptors (Lipinski definition) is 2. The van der Waals surface area contributed by atoms with Crippen LogP contribution < -0.4 is 5.32 Å². The van der Waals surface area contributed by atoms with Crippen molar-refractivity contribution in [1.82, 2.24) is 10.2 Å². The Labute approximate surface area is 157 Å². The third-order valence-electron chi connectivity index (χ3n) is 5.84. The van der Waals surface area contributed by atoms with Gasteiger partial charge < -0.3 is 10.2 Å². The van der Waals surface area contributed by atoms with E-state index in [1.807, 2.05) is 35.2 Å². The maximum atomic E-state index is 12.9. The summed E-state index contributed by atoms with van der Waals surface area (Å²) in [5.74, 6) is 0.803. The van der Waals surface area contributed by atoms with Crippen LogP contribution in [-0.2, 0) is 16.0 Å². The van der Waals surface area contributed by atoms with Gasteiger partial charge in [-0.25, -0.2) is 0 Å². The van der Waals surface area contributed by atoms with Crippen LogP contribution in [0.4, 0.5) is 0 Å². The fourth-order valence-electron chi connectivity index (χ4n) is 4.29. The van der Waals surface area contributed by atoms with Crippen LogP contribution in [0.15, 0.2) is 30.3 Å². The number of carbonyl (C=O) groups is 2. The SMILES string of the molecule is O=C(CCC1CCCCC1)NC(Cc1ccccc1)C(=O)N1CCCC1. The Morgan fingerprint density at radius 3 is 2.38 bits per heavy atom. The molecule has 2 amide bonds. The summed E-state index contributed by atoms with van der Waals surface area (Å²) in [6.45, 7) is 1.64. The molecule has 1 aliphatic heterocycles. The smallest absolute Gasteiger partial charge is 0.245 e. The lowest BCUT2D eigenvalue weighted by Crippen LogP contribution is -2.49. The minimum atomic E-state index is -0.436. The van der Waals surface area contributed by atoms with Crippen molar-refractivity contribution in [1.29, 1.82) is 0 Å². The number of amides is 2. The number of likely N-dealkylation sites (tertiary alicyclic amines) is 1. The summed E-state index contributed by atoms with van der Waals surface area (Å²) >= 11 is 0. The van der Waals surface area contributed by atoms with Gasteiger partial charge in [-0.15, -0.1) is 0 Å². The van der Waals surface area contributed by atoms with Gasteiger partial charge in [0.15, 0.2) is 0 Å². The van der Waals surface area contributed by atoms with E-state index >= 15 is 0 Å². The Bertz CT molecular complexity index is 575. The van der Waals surface area contributed by atoms with Gasteiger partial charge in [0.05, 0.1) is 0 Å². The van der Waals surface area contributed by atoms with Crippen molar-refractivity contribution in [3.63, 3.8) is 0 Å². The minimum absolute atomic E-state index is 0.0315. The van der Waals surface area contributed by atoms with E-state index in [0.29, 0.717) is 18.8 Å². The molecule has 3 rings (SSSR count). The van der Waals surface area contributed by atoms with Crippen molar-refractivity contribution < 1.29 is 9.59 Å². The molecule has 0 bridgehead atoms. The maximum Gasteiger partial charge on any atom is 0.245 e.